The van der Waals surface area contributed by atoms with Crippen LogP contribution in [0, 0.1) is 5.41 Å². The zero-order valence-electron chi connectivity index (χ0n) is 15.0. The molecular formula is C17H37N3O. The first-order valence-corrected chi connectivity index (χ1v) is 8.60. The van der Waals surface area contributed by atoms with Gasteiger partial charge in [0.25, 0.3) is 0 Å². The van der Waals surface area contributed by atoms with Crippen LogP contribution in [0.25, 0.3) is 0 Å². The molecule has 0 aromatic carbocycles. The Bertz CT molecular complexity index is 275. The predicted molar refractivity (Wildman–Crippen MR) is 91.3 cm³/mol. The molecule has 0 radical (unpaired) electrons. The Labute approximate surface area is 132 Å². The summed E-state index contributed by atoms with van der Waals surface area (Å²) in [6, 6.07) is 0. The number of carbonyl (C=O) groups excluding carboxylic acids is 1. The summed E-state index contributed by atoms with van der Waals surface area (Å²) in [5, 5.41) is 0. The smallest absolute Gasteiger partial charge is 0.222 e. The molecule has 0 aromatic heterocycles. The third-order valence-electron chi connectivity index (χ3n) is 4.37. The molecule has 4 nitrogen and oxygen atoms in total. The van der Waals surface area contributed by atoms with Crippen molar-refractivity contribution in [3.63, 3.8) is 0 Å². The molecule has 21 heavy (non-hydrogen) atoms. The van der Waals surface area contributed by atoms with Crippen molar-refractivity contribution >= 4 is 5.91 Å². The summed E-state index contributed by atoms with van der Waals surface area (Å²) in [6.07, 6.45) is 3.61. The number of hydrogen-bond acceptors (Lipinski definition) is 3. The minimum absolute atomic E-state index is 0.172. The van der Waals surface area contributed by atoms with E-state index in [4.69, 9.17) is 5.73 Å². The van der Waals surface area contributed by atoms with Crippen molar-refractivity contribution < 1.29 is 4.79 Å². The van der Waals surface area contributed by atoms with Gasteiger partial charge in [0.15, 0.2) is 0 Å². The number of amides is 1. The molecule has 0 bridgehead atoms. The maximum absolute atomic E-state index is 12.3. The van der Waals surface area contributed by atoms with Gasteiger partial charge in [-0.3, -0.25) is 4.79 Å². The molecule has 0 spiro atoms. The average molecular weight is 300 g/mol. The van der Waals surface area contributed by atoms with Gasteiger partial charge < -0.3 is 15.5 Å². The van der Waals surface area contributed by atoms with Crippen molar-refractivity contribution in [1.82, 2.24) is 9.80 Å². The largest absolute Gasteiger partial charge is 0.343 e. The summed E-state index contributed by atoms with van der Waals surface area (Å²) in [6.45, 7) is 16.5. The molecule has 0 atom stereocenters. The molecule has 0 unspecified atom stereocenters. The maximum atomic E-state index is 12.3. The fourth-order valence-corrected chi connectivity index (χ4v) is 2.60. The molecule has 0 heterocycles. The first kappa shape index (κ1) is 20.4. The number of hydrogen-bond donors (Lipinski definition) is 1. The highest BCUT2D eigenvalue weighted by Crippen LogP contribution is 2.26. The molecule has 4 heteroatoms. The van der Waals surface area contributed by atoms with Crippen LogP contribution in [0.5, 0.6) is 0 Å². The lowest BCUT2D eigenvalue weighted by Gasteiger charge is -2.27. The zero-order chi connectivity index (χ0) is 16.3. The van der Waals surface area contributed by atoms with E-state index in [0.717, 1.165) is 52.0 Å². The third-order valence-corrected chi connectivity index (χ3v) is 4.37. The summed E-state index contributed by atoms with van der Waals surface area (Å²) < 4.78 is 0. The van der Waals surface area contributed by atoms with Crippen LogP contribution in [-0.2, 0) is 4.79 Å². The van der Waals surface area contributed by atoms with Gasteiger partial charge in [-0.25, -0.2) is 0 Å². The Morgan fingerprint density at radius 1 is 1.00 bits per heavy atom. The molecule has 0 fully saturated rings. The van der Waals surface area contributed by atoms with Gasteiger partial charge in [-0.2, -0.15) is 0 Å². The second-order valence-electron chi connectivity index (χ2n) is 6.56. The Morgan fingerprint density at radius 2 is 1.62 bits per heavy atom. The van der Waals surface area contributed by atoms with Gasteiger partial charge in [0.1, 0.15) is 0 Å². The summed E-state index contributed by atoms with van der Waals surface area (Å²) >= 11 is 0. The summed E-state index contributed by atoms with van der Waals surface area (Å²) in [4.78, 5) is 16.7. The van der Waals surface area contributed by atoms with E-state index in [2.05, 4.69) is 39.5 Å². The van der Waals surface area contributed by atoms with Crippen LogP contribution in [-0.4, -0.2) is 55.0 Å². The Morgan fingerprint density at radius 3 is 2.10 bits per heavy atom. The maximum Gasteiger partial charge on any atom is 0.222 e. The lowest BCUT2D eigenvalue weighted by molar-refractivity contribution is -0.131. The molecule has 0 aliphatic carbocycles. The van der Waals surface area contributed by atoms with Gasteiger partial charge in [-0.05, 0) is 57.8 Å². The Balaban J connectivity index is 4.12. The second kappa shape index (κ2) is 11.0. The first-order valence-electron chi connectivity index (χ1n) is 8.60. The van der Waals surface area contributed by atoms with Crippen LogP contribution in [0.2, 0.25) is 0 Å². The highest BCUT2D eigenvalue weighted by molar-refractivity contribution is 5.76. The van der Waals surface area contributed by atoms with Gasteiger partial charge in [-0.1, -0.05) is 27.7 Å². The summed E-state index contributed by atoms with van der Waals surface area (Å²) in [5.74, 6) is 0.294. The summed E-state index contributed by atoms with van der Waals surface area (Å²) in [7, 11) is 0. The SMILES string of the molecule is CCN(CC)CCCN(CC)C(=O)CCC(C)(C)CCN. The van der Waals surface area contributed by atoms with Crippen LogP contribution < -0.4 is 5.73 Å². The van der Waals surface area contributed by atoms with Crippen LogP contribution in [0.1, 0.15) is 60.3 Å². The fraction of sp³-hybridized carbons (Fsp3) is 0.941. The minimum atomic E-state index is 0.172. The topological polar surface area (TPSA) is 49.6 Å². The van der Waals surface area contributed by atoms with Gasteiger partial charge in [0.05, 0.1) is 0 Å². The molecule has 0 aliphatic heterocycles. The van der Waals surface area contributed by atoms with Crippen molar-refractivity contribution in [3.8, 4) is 0 Å². The van der Waals surface area contributed by atoms with Crippen molar-refractivity contribution in [2.24, 2.45) is 11.1 Å². The number of nitrogens with two attached hydrogens (primary N) is 1. The summed E-state index contributed by atoms with van der Waals surface area (Å²) in [5.41, 5.74) is 5.80. The third kappa shape index (κ3) is 9.10. The van der Waals surface area contributed by atoms with E-state index in [9.17, 15) is 4.79 Å². The monoisotopic (exact) mass is 299 g/mol. The normalized spacial score (nSPS) is 12.0. The molecule has 0 aliphatic rings. The van der Waals surface area contributed by atoms with E-state index in [1.807, 2.05) is 4.90 Å². The molecule has 0 aromatic rings. The second-order valence-corrected chi connectivity index (χ2v) is 6.56. The van der Waals surface area contributed by atoms with E-state index < -0.39 is 0 Å². The standard InChI is InChI=1S/C17H37N3O/c1-6-19(7-2)14-9-15-20(8-3)16(21)10-11-17(4,5)12-13-18/h6-15,18H2,1-5H3. The van der Waals surface area contributed by atoms with Crippen LogP contribution in [0.3, 0.4) is 0 Å². The lowest BCUT2D eigenvalue weighted by atomic mass is 9.84. The molecular weight excluding hydrogens is 262 g/mol. The number of carbonyl (C=O) groups is 1. The first-order chi connectivity index (χ1) is 9.90. The van der Waals surface area contributed by atoms with E-state index >= 15 is 0 Å². The molecule has 0 saturated heterocycles. The van der Waals surface area contributed by atoms with E-state index in [1.165, 1.54) is 0 Å². The van der Waals surface area contributed by atoms with Crippen molar-refractivity contribution in [2.45, 2.75) is 60.3 Å². The van der Waals surface area contributed by atoms with Gasteiger partial charge >= 0.3 is 0 Å². The highest BCUT2D eigenvalue weighted by Gasteiger charge is 2.20. The van der Waals surface area contributed by atoms with Gasteiger partial charge in [0, 0.05) is 19.5 Å². The quantitative estimate of drug-likeness (QED) is 0.603. The lowest BCUT2D eigenvalue weighted by Crippen LogP contribution is -2.35. The van der Waals surface area contributed by atoms with Crippen LogP contribution >= 0.6 is 0 Å². The van der Waals surface area contributed by atoms with Gasteiger partial charge in [-0.15, -0.1) is 0 Å². The van der Waals surface area contributed by atoms with Crippen molar-refractivity contribution in [3.05, 3.63) is 0 Å². The molecule has 0 rings (SSSR count). The zero-order valence-corrected chi connectivity index (χ0v) is 15.0. The molecule has 1 amide bonds. The Kier molecular flexibility index (Phi) is 10.7. The highest BCUT2D eigenvalue weighted by atomic mass is 16.2. The van der Waals surface area contributed by atoms with E-state index in [-0.39, 0.29) is 5.41 Å². The van der Waals surface area contributed by atoms with Crippen LogP contribution in [0.4, 0.5) is 0 Å². The predicted octanol–water partition coefficient (Wildman–Crippen LogP) is 2.72. The fourth-order valence-electron chi connectivity index (χ4n) is 2.60. The average Bonchev–Trinajstić information content (AvgIpc) is 2.45. The number of rotatable bonds is 12. The molecule has 2 N–H and O–H groups in total. The van der Waals surface area contributed by atoms with Crippen molar-refractivity contribution in [1.29, 1.82) is 0 Å². The van der Waals surface area contributed by atoms with E-state index in [0.29, 0.717) is 18.9 Å². The Hall–Kier alpha value is -0.610. The van der Waals surface area contributed by atoms with Crippen LogP contribution in [0.15, 0.2) is 0 Å². The van der Waals surface area contributed by atoms with E-state index in [1.54, 1.807) is 0 Å². The number of nitrogens with zero attached hydrogens (tertiary/aromatic N) is 2. The molecule has 0 saturated carbocycles. The molecule has 126 valence electrons. The minimum Gasteiger partial charge on any atom is -0.343 e. The van der Waals surface area contributed by atoms with Gasteiger partial charge in [0.2, 0.25) is 5.91 Å². The van der Waals surface area contributed by atoms with Crippen molar-refractivity contribution in [2.75, 3.05) is 39.3 Å².